The molecule has 2 heterocycles. The predicted molar refractivity (Wildman–Crippen MR) is 86.1 cm³/mol. The highest BCUT2D eigenvalue weighted by molar-refractivity contribution is 14.1. The maximum absolute atomic E-state index is 12.3. The van der Waals surface area contributed by atoms with Crippen molar-refractivity contribution < 1.29 is 17.9 Å². The molecule has 3 N–H and O–H groups in total. The summed E-state index contributed by atoms with van der Waals surface area (Å²) in [6.45, 7) is 0. The van der Waals surface area contributed by atoms with E-state index in [0.717, 1.165) is 15.3 Å². The molecule has 0 aliphatic rings. The van der Waals surface area contributed by atoms with Crippen LogP contribution < -0.4 is 10.5 Å². The highest BCUT2D eigenvalue weighted by atomic mass is 127. The number of aromatic nitrogens is 4. The lowest BCUT2D eigenvalue weighted by Gasteiger charge is -2.10. The van der Waals surface area contributed by atoms with E-state index in [-0.39, 0.29) is 11.6 Å². The zero-order valence-electron chi connectivity index (χ0n) is 11.1. The molecule has 2 aromatic heterocycles. The number of hydrogen-bond donors (Lipinski definition) is 2. The topological polar surface area (TPSA) is 89.7 Å². The van der Waals surface area contributed by atoms with Crippen molar-refractivity contribution in [2.75, 3.05) is 5.73 Å². The van der Waals surface area contributed by atoms with Gasteiger partial charge in [0.15, 0.2) is 16.6 Å². The lowest BCUT2D eigenvalue weighted by Crippen LogP contribution is -2.17. The fraction of sp³-hybridized carbons (Fsp3) is 0.0833. The number of anilines is 1. The van der Waals surface area contributed by atoms with Gasteiger partial charge < -0.3 is 15.5 Å². The Kier molecular flexibility index (Phi) is 4.23. The maximum Gasteiger partial charge on any atom is 0.573 e. The zero-order chi connectivity index (χ0) is 16.6. The van der Waals surface area contributed by atoms with Crippen LogP contribution in [-0.2, 0) is 0 Å². The van der Waals surface area contributed by atoms with Gasteiger partial charge in [0.1, 0.15) is 17.6 Å². The first-order valence-electron chi connectivity index (χ1n) is 6.01. The lowest BCUT2D eigenvalue weighted by atomic mass is 10.3. The number of nitrogens with two attached hydrogens (primary N) is 1. The van der Waals surface area contributed by atoms with Gasteiger partial charge in [0.05, 0.1) is 0 Å². The summed E-state index contributed by atoms with van der Waals surface area (Å²) in [5.74, 6) is -0.0472. The summed E-state index contributed by atoms with van der Waals surface area (Å²) >= 11 is 3.16. The molecule has 11 heteroatoms. The minimum Gasteiger partial charge on any atom is -0.406 e. The molecule has 120 valence electrons. The Morgan fingerprint density at radius 1 is 1.26 bits per heavy atom. The maximum atomic E-state index is 12.3. The highest BCUT2D eigenvalue weighted by Crippen LogP contribution is 2.35. The molecule has 3 aromatic rings. The molecule has 0 saturated heterocycles. The van der Waals surface area contributed by atoms with E-state index in [0.29, 0.717) is 21.2 Å². The van der Waals surface area contributed by atoms with Crippen LogP contribution in [0, 0.1) is 3.57 Å². The van der Waals surface area contributed by atoms with Crippen molar-refractivity contribution >= 4 is 51.3 Å². The average molecular weight is 453 g/mol. The molecule has 6 nitrogen and oxygen atoms in total. The van der Waals surface area contributed by atoms with Crippen molar-refractivity contribution in [3.8, 4) is 5.75 Å². The van der Waals surface area contributed by atoms with Crippen molar-refractivity contribution in [2.45, 2.75) is 16.4 Å². The Morgan fingerprint density at radius 2 is 2.04 bits per heavy atom. The number of ether oxygens (including phenoxy) is 1. The summed E-state index contributed by atoms with van der Waals surface area (Å²) in [6.07, 6.45) is -3.45. The molecule has 0 bridgehead atoms. The van der Waals surface area contributed by atoms with E-state index in [1.165, 1.54) is 24.5 Å². The molecule has 0 unspecified atom stereocenters. The molecule has 0 radical (unpaired) electrons. The van der Waals surface area contributed by atoms with Crippen molar-refractivity contribution in [2.24, 2.45) is 0 Å². The van der Waals surface area contributed by atoms with Crippen molar-refractivity contribution in [3.63, 3.8) is 0 Å². The number of halogens is 4. The van der Waals surface area contributed by atoms with Gasteiger partial charge in [-0.25, -0.2) is 15.0 Å². The molecule has 1 aromatic carbocycles. The van der Waals surface area contributed by atoms with E-state index in [4.69, 9.17) is 5.73 Å². The Hall–Kier alpha value is -1.76. The Labute approximate surface area is 145 Å². The van der Waals surface area contributed by atoms with Crippen LogP contribution in [-0.4, -0.2) is 26.3 Å². The normalized spacial score (nSPS) is 11.8. The summed E-state index contributed by atoms with van der Waals surface area (Å²) < 4.78 is 41.6. The molecule has 0 aliphatic carbocycles. The summed E-state index contributed by atoms with van der Waals surface area (Å²) in [5, 5.41) is 0.439. The largest absolute Gasteiger partial charge is 0.573 e. The minimum atomic E-state index is -4.74. The van der Waals surface area contributed by atoms with Crippen LogP contribution in [0.15, 0.2) is 34.6 Å². The van der Waals surface area contributed by atoms with Crippen molar-refractivity contribution in [3.05, 3.63) is 28.1 Å². The van der Waals surface area contributed by atoms with Gasteiger partial charge in [0.2, 0.25) is 0 Å². The first kappa shape index (κ1) is 16.1. The number of rotatable bonds is 3. The van der Waals surface area contributed by atoms with Gasteiger partial charge in [0, 0.05) is 8.47 Å². The number of imidazole rings is 1. The van der Waals surface area contributed by atoms with Gasteiger partial charge in [-0.2, -0.15) is 0 Å². The second-order valence-corrected chi connectivity index (χ2v) is 6.43. The Balaban J connectivity index is 1.91. The smallest absolute Gasteiger partial charge is 0.406 e. The van der Waals surface area contributed by atoms with Gasteiger partial charge in [-0.3, -0.25) is 0 Å². The monoisotopic (exact) mass is 453 g/mol. The Bertz CT molecular complexity index is 870. The number of hydrogen-bond acceptors (Lipinski definition) is 6. The zero-order valence-corrected chi connectivity index (χ0v) is 14.0. The van der Waals surface area contributed by atoms with Gasteiger partial charge in [-0.15, -0.1) is 13.2 Å². The van der Waals surface area contributed by atoms with Gasteiger partial charge >= 0.3 is 6.36 Å². The molecular formula is C12H7F3IN5OS. The fourth-order valence-corrected chi connectivity index (χ4v) is 3.24. The highest BCUT2D eigenvalue weighted by Gasteiger charge is 2.31. The van der Waals surface area contributed by atoms with E-state index >= 15 is 0 Å². The summed E-state index contributed by atoms with van der Waals surface area (Å²) in [5.41, 5.74) is 6.57. The number of nitrogens with one attached hydrogen (secondary N) is 1. The van der Waals surface area contributed by atoms with E-state index in [9.17, 15) is 13.2 Å². The van der Waals surface area contributed by atoms with Crippen LogP contribution in [0.5, 0.6) is 5.75 Å². The molecular weight excluding hydrogens is 446 g/mol. The number of aromatic amines is 1. The van der Waals surface area contributed by atoms with Crippen LogP contribution >= 0.6 is 34.4 Å². The second kappa shape index (κ2) is 6.03. The number of benzene rings is 1. The number of alkyl halides is 3. The standard InChI is InChI=1S/C12H7F3IN5OS/c13-12(14,15)22-5-1-2-6(16)7(3-5)23-11-20-8-9(17)18-4-19-10(8)21-11/h1-4H,(H3,17,18,19,20,21). The molecule has 0 aliphatic heterocycles. The quantitative estimate of drug-likeness (QED) is 0.590. The lowest BCUT2D eigenvalue weighted by molar-refractivity contribution is -0.274. The summed E-state index contributed by atoms with van der Waals surface area (Å²) in [6, 6.07) is 4.07. The van der Waals surface area contributed by atoms with E-state index in [1.807, 2.05) is 22.6 Å². The van der Waals surface area contributed by atoms with Crippen molar-refractivity contribution in [1.29, 1.82) is 0 Å². The van der Waals surface area contributed by atoms with Crippen molar-refractivity contribution in [1.82, 2.24) is 19.9 Å². The third kappa shape index (κ3) is 3.77. The first-order valence-corrected chi connectivity index (χ1v) is 7.91. The van der Waals surface area contributed by atoms with E-state index in [1.54, 1.807) is 0 Å². The van der Waals surface area contributed by atoms with Crippen LogP contribution in [0.1, 0.15) is 0 Å². The number of nitrogen functional groups attached to an aromatic ring is 1. The Morgan fingerprint density at radius 3 is 2.74 bits per heavy atom. The van der Waals surface area contributed by atoms with Gasteiger partial charge in [-0.05, 0) is 40.8 Å². The fourth-order valence-electron chi connectivity index (χ4n) is 1.74. The minimum absolute atomic E-state index is 0.248. The van der Waals surface area contributed by atoms with E-state index < -0.39 is 6.36 Å². The molecule has 0 spiro atoms. The molecule has 0 amide bonds. The molecule has 0 atom stereocenters. The molecule has 0 fully saturated rings. The molecule has 0 saturated carbocycles. The SMILES string of the molecule is Nc1ncnc2nc(Sc3cc(OC(F)(F)F)ccc3I)[nH]c12. The van der Waals surface area contributed by atoms with E-state index in [2.05, 4.69) is 24.7 Å². The van der Waals surface area contributed by atoms with Crippen LogP contribution in [0.2, 0.25) is 0 Å². The van der Waals surface area contributed by atoms with Crippen LogP contribution in [0.3, 0.4) is 0 Å². The number of fused-ring (bicyclic) bond motifs is 1. The first-order chi connectivity index (χ1) is 10.8. The molecule has 23 heavy (non-hydrogen) atoms. The third-order valence-electron chi connectivity index (χ3n) is 2.64. The second-order valence-electron chi connectivity index (χ2n) is 4.24. The van der Waals surface area contributed by atoms with Crippen LogP contribution in [0.4, 0.5) is 19.0 Å². The third-order valence-corrected chi connectivity index (χ3v) is 4.89. The van der Waals surface area contributed by atoms with Gasteiger partial charge in [-0.1, -0.05) is 11.8 Å². The molecule has 3 rings (SSSR count). The average Bonchev–Trinajstić information content (AvgIpc) is 2.85. The summed E-state index contributed by atoms with van der Waals surface area (Å²) in [7, 11) is 0. The predicted octanol–water partition coefficient (Wildman–Crippen LogP) is 3.59. The number of H-pyrrole nitrogens is 1. The number of nitrogens with zero attached hydrogens (tertiary/aromatic N) is 3. The van der Waals surface area contributed by atoms with Gasteiger partial charge in [0.25, 0.3) is 0 Å². The van der Waals surface area contributed by atoms with Crippen LogP contribution in [0.25, 0.3) is 11.2 Å². The summed E-state index contributed by atoms with van der Waals surface area (Å²) in [4.78, 5) is 15.5.